The number of aromatic nitrogens is 2. The van der Waals surface area contributed by atoms with Crippen molar-refractivity contribution in [2.45, 2.75) is 33.0 Å². The fourth-order valence-corrected chi connectivity index (χ4v) is 3.32. The normalized spacial score (nSPS) is 10.7. The van der Waals surface area contributed by atoms with Crippen molar-refractivity contribution in [1.82, 2.24) is 15.1 Å². The van der Waals surface area contributed by atoms with Gasteiger partial charge in [0.2, 0.25) is 5.91 Å². The maximum Gasteiger partial charge on any atom is 0.270 e. The van der Waals surface area contributed by atoms with Crippen LogP contribution in [0.3, 0.4) is 0 Å². The van der Waals surface area contributed by atoms with E-state index in [1.807, 2.05) is 36.4 Å². The van der Waals surface area contributed by atoms with Crippen LogP contribution in [0, 0.1) is 6.92 Å². The first-order valence-corrected chi connectivity index (χ1v) is 10.3. The maximum atomic E-state index is 12.8. The number of amides is 1. The number of carbonyl (C=O) groups excluding carboxylic acids is 1. The van der Waals surface area contributed by atoms with Crippen molar-refractivity contribution in [2.24, 2.45) is 5.73 Å². The van der Waals surface area contributed by atoms with Crippen LogP contribution in [0.4, 0.5) is 0 Å². The number of halogens is 1. The predicted molar refractivity (Wildman–Crippen MR) is 120 cm³/mol. The van der Waals surface area contributed by atoms with Crippen molar-refractivity contribution < 1.29 is 9.53 Å². The van der Waals surface area contributed by atoms with Gasteiger partial charge in [-0.2, -0.15) is 5.10 Å². The summed E-state index contributed by atoms with van der Waals surface area (Å²) in [6.45, 7) is 2.98. The van der Waals surface area contributed by atoms with Crippen LogP contribution in [0.1, 0.15) is 22.3 Å². The second kappa shape index (κ2) is 10.7. The summed E-state index contributed by atoms with van der Waals surface area (Å²) in [5.41, 5.74) is 8.30. The van der Waals surface area contributed by atoms with Gasteiger partial charge in [-0.15, -0.1) is 0 Å². The number of ether oxygens (including phenoxy) is 1. The summed E-state index contributed by atoms with van der Waals surface area (Å²) in [6.07, 6.45) is 1.56. The number of hydrogen-bond donors (Lipinski definition) is 2. The Bertz CT molecular complexity index is 1100. The van der Waals surface area contributed by atoms with Crippen LogP contribution < -0.4 is 21.3 Å². The first-order valence-electron chi connectivity index (χ1n) is 9.95. The number of carbonyl (C=O) groups is 1. The van der Waals surface area contributed by atoms with Gasteiger partial charge in [0.15, 0.2) is 0 Å². The van der Waals surface area contributed by atoms with Crippen molar-refractivity contribution in [2.75, 3.05) is 6.61 Å². The maximum absolute atomic E-state index is 12.8. The smallest absolute Gasteiger partial charge is 0.270 e. The van der Waals surface area contributed by atoms with Crippen LogP contribution in [0.2, 0.25) is 5.02 Å². The minimum atomic E-state index is -0.294. The molecule has 0 bridgehead atoms. The summed E-state index contributed by atoms with van der Waals surface area (Å²) in [7, 11) is 0. The Balaban J connectivity index is 1.63. The van der Waals surface area contributed by atoms with E-state index in [0.29, 0.717) is 29.3 Å². The molecule has 0 atom stereocenters. The summed E-state index contributed by atoms with van der Waals surface area (Å²) in [6, 6.07) is 14.7. The third-order valence-electron chi connectivity index (χ3n) is 4.88. The lowest BCUT2D eigenvalue weighted by Crippen LogP contribution is -2.33. The van der Waals surface area contributed by atoms with E-state index in [4.69, 9.17) is 22.1 Å². The van der Waals surface area contributed by atoms with Crippen molar-refractivity contribution in [3.05, 3.63) is 92.4 Å². The van der Waals surface area contributed by atoms with Crippen LogP contribution >= 0.6 is 11.6 Å². The highest BCUT2D eigenvalue weighted by molar-refractivity contribution is 6.30. The van der Waals surface area contributed by atoms with Crippen LogP contribution in [0.15, 0.2) is 59.5 Å². The molecule has 7 nitrogen and oxygen atoms in total. The zero-order chi connectivity index (χ0) is 22.2. The molecule has 31 heavy (non-hydrogen) atoms. The van der Waals surface area contributed by atoms with Crippen LogP contribution in [-0.4, -0.2) is 22.3 Å². The van der Waals surface area contributed by atoms with Crippen LogP contribution in [0.25, 0.3) is 0 Å². The Labute approximate surface area is 185 Å². The van der Waals surface area contributed by atoms with Crippen molar-refractivity contribution in [3.63, 3.8) is 0 Å². The second-order valence-electron chi connectivity index (χ2n) is 7.07. The SMILES string of the molecule is Cc1cnn(CCOc2ccccc2)c(=O)c1CC(=O)NCc1cc(Cl)ccc1CN. The number of rotatable bonds is 9. The van der Waals surface area contributed by atoms with E-state index >= 15 is 0 Å². The molecule has 2 aromatic carbocycles. The lowest BCUT2D eigenvalue weighted by atomic mass is 10.1. The average molecular weight is 441 g/mol. The molecule has 0 unspecified atom stereocenters. The monoisotopic (exact) mass is 440 g/mol. The summed E-state index contributed by atoms with van der Waals surface area (Å²) in [5.74, 6) is 0.460. The quantitative estimate of drug-likeness (QED) is 0.532. The Morgan fingerprint density at radius 1 is 1.19 bits per heavy atom. The molecule has 0 spiro atoms. The van der Waals surface area contributed by atoms with Crippen LogP contribution in [-0.2, 0) is 30.8 Å². The molecule has 8 heteroatoms. The summed E-state index contributed by atoms with van der Waals surface area (Å²) in [4.78, 5) is 25.3. The van der Waals surface area contributed by atoms with Gasteiger partial charge in [-0.3, -0.25) is 9.59 Å². The number of benzene rings is 2. The van der Waals surface area contributed by atoms with Gasteiger partial charge >= 0.3 is 0 Å². The van der Waals surface area contributed by atoms with Crippen LogP contribution in [0.5, 0.6) is 5.75 Å². The molecule has 3 aromatic rings. The number of nitrogens with one attached hydrogen (secondary N) is 1. The van der Waals surface area contributed by atoms with Crippen molar-refractivity contribution in [3.8, 4) is 5.75 Å². The highest BCUT2D eigenvalue weighted by Crippen LogP contribution is 2.16. The summed E-state index contributed by atoms with van der Waals surface area (Å²) >= 11 is 6.04. The topological polar surface area (TPSA) is 99.2 Å². The fourth-order valence-electron chi connectivity index (χ4n) is 3.13. The average Bonchev–Trinajstić information content (AvgIpc) is 2.77. The molecule has 0 aliphatic carbocycles. The van der Waals surface area contributed by atoms with Gasteiger partial charge in [0.25, 0.3) is 5.56 Å². The molecule has 0 aliphatic rings. The molecule has 0 radical (unpaired) electrons. The van der Waals surface area contributed by atoms with E-state index in [9.17, 15) is 9.59 Å². The molecule has 162 valence electrons. The fraction of sp³-hybridized carbons (Fsp3) is 0.261. The van der Waals surface area contributed by atoms with E-state index < -0.39 is 0 Å². The molecule has 3 rings (SSSR count). The van der Waals surface area contributed by atoms with Gasteiger partial charge in [0.05, 0.1) is 19.2 Å². The van der Waals surface area contributed by atoms with E-state index in [0.717, 1.165) is 16.9 Å². The molecule has 0 aliphatic heterocycles. The first-order chi connectivity index (χ1) is 15.0. The molecule has 3 N–H and O–H groups in total. The molecular weight excluding hydrogens is 416 g/mol. The van der Waals surface area contributed by atoms with Crippen molar-refractivity contribution in [1.29, 1.82) is 0 Å². The van der Waals surface area contributed by atoms with Gasteiger partial charge in [-0.05, 0) is 47.9 Å². The number of nitrogens with zero attached hydrogens (tertiary/aromatic N) is 2. The third-order valence-corrected chi connectivity index (χ3v) is 5.11. The third kappa shape index (κ3) is 6.16. The number of nitrogens with two attached hydrogens (primary N) is 1. The minimum Gasteiger partial charge on any atom is -0.492 e. The molecular formula is C23H25ClN4O3. The number of para-hydroxylation sites is 1. The lowest BCUT2D eigenvalue weighted by Gasteiger charge is -2.12. The van der Waals surface area contributed by atoms with Gasteiger partial charge in [0, 0.05) is 23.7 Å². The standard InChI is InChI=1S/C23H25ClN4O3/c1-16-14-27-28(9-10-31-20-5-3-2-4-6-20)23(30)21(16)12-22(29)26-15-18-11-19(24)8-7-17(18)13-25/h2-8,11,14H,9-10,12-13,15,25H2,1H3,(H,26,29). The van der Waals surface area contributed by atoms with Gasteiger partial charge < -0.3 is 15.8 Å². The van der Waals surface area contributed by atoms with Gasteiger partial charge in [0.1, 0.15) is 12.4 Å². The Morgan fingerprint density at radius 3 is 2.71 bits per heavy atom. The molecule has 0 saturated carbocycles. The van der Waals surface area contributed by atoms with E-state index in [2.05, 4.69) is 10.4 Å². The number of hydrogen-bond acceptors (Lipinski definition) is 5. The highest BCUT2D eigenvalue weighted by atomic mass is 35.5. The van der Waals surface area contributed by atoms with E-state index in [1.54, 1.807) is 25.3 Å². The van der Waals surface area contributed by atoms with Crippen molar-refractivity contribution >= 4 is 17.5 Å². The highest BCUT2D eigenvalue weighted by Gasteiger charge is 2.14. The Hall–Kier alpha value is -3.16. The predicted octanol–water partition coefficient (Wildman–Crippen LogP) is 2.60. The largest absolute Gasteiger partial charge is 0.492 e. The van der Waals surface area contributed by atoms with Gasteiger partial charge in [-0.25, -0.2) is 4.68 Å². The lowest BCUT2D eigenvalue weighted by molar-refractivity contribution is -0.120. The van der Waals surface area contributed by atoms with Gasteiger partial charge in [-0.1, -0.05) is 35.9 Å². The second-order valence-corrected chi connectivity index (χ2v) is 7.50. The molecule has 0 fully saturated rings. The Kier molecular flexibility index (Phi) is 7.81. The molecule has 0 saturated heterocycles. The number of aryl methyl sites for hydroxylation is 1. The van der Waals surface area contributed by atoms with E-state index in [-0.39, 0.29) is 31.0 Å². The molecule has 1 aromatic heterocycles. The summed E-state index contributed by atoms with van der Waals surface area (Å²) in [5, 5.41) is 7.58. The first kappa shape index (κ1) is 22.5. The Morgan fingerprint density at radius 2 is 1.97 bits per heavy atom. The summed E-state index contributed by atoms with van der Waals surface area (Å²) < 4.78 is 6.96. The zero-order valence-electron chi connectivity index (χ0n) is 17.3. The molecule has 1 heterocycles. The zero-order valence-corrected chi connectivity index (χ0v) is 18.1. The minimum absolute atomic E-state index is 0.0365. The van der Waals surface area contributed by atoms with E-state index in [1.165, 1.54) is 4.68 Å². The molecule has 1 amide bonds.